The summed E-state index contributed by atoms with van der Waals surface area (Å²) in [7, 11) is 1.67. The Balaban J connectivity index is 1.68. The zero-order valence-electron chi connectivity index (χ0n) is 14.9. The van der Waals surface area contributed by atoms with Crippen molar-refractivity contribution in [1.29, 1.82) is 0 Å². The van der Waals surface area contributed by atoms with Gasteiger partial charge in [-0.1, -0.05) is 12.1 Å². The Kier molecular flexibility index (Phi) is 6.09. The van der Waals surface area contributed by atoms with Crippen molar-refractivity contribution in [3.05, 3.63) is 48.5 Å². The Morgan fingerprint density at radius 1 is 1.20 bits per heavy atom. The zero-order valence-corrected chi connectivity index (χ0v) is 14.9. The second-order valence-electron chi connectivity index (χ2n) is 6.72. The van der Waals surface area contributed by atoms with Gasteiger partial charge in [-0.05, 0) is 49.8 Å². The Bertz CT molecular complexity index is 646. The van der Waals surface area contributed by atoms with Crippen LogP contribution in [0.2, 0.25) is 0 Å². The highest BCUT2D eigenvalue weighted by Gasteiger charge is 2.25. The number of aromatic nitrogens is 2. The number of hydrogen-bond acceptors (Lipinski definition) is 3. The van der Waals surface area contributed by atoms with Crippen LogP contribution < -0.4 is 4.74 Å². The van der Waals surface area contributed by atoms with Crippen molar-refractivity contribution in [2.24, 2.45) is 5.92 Å². The quantitative estimate of drug-likeness (QED) is 0.777. The molecule has 1 aliphatic rings. The third kappa shape index (κ3) is 4.84. The van der Waals surface area contributed by atoms with Gasteiger partial charge in [0.1, 0.15) is 5.75 Å². The summed E-state index contributed by atoms with van der Waals surface area (Å²) >= 11 is 0. The summed E-state index contributed by atoms with van der Waals surface area (Å²) in [6, 6.07) is 8.06. The van der Waals surface area contributed by atoms with Gasteiger partial charge in [0, 0.05) is 37.9 Å². The lowest BCUT2D eigenvalue weighted by Gasteiger charge is -2.30. The highest BCUT2D eigenvalue weighted by atomic mass is 16.5. The smallest absolute Gasteiger partial charge is 0.226 e. The molecule has 1 atom stereocenters. The molecular formula is C20H27N3O2. The maximum Gasteiger partial charge on any atom is 0.226 e. The van der Waals surface area contributed by atoms with Crippen molar-refractivity contribution >= 4 is 5.91 Å². The molecular weight excluding hydrogens is 314 g/mol. The molecule has 0 bridgehead atoms. The van der Waals surface area contributed by atoms with Gasteiger partial charge in [0.15, 0.2) is 0 Å². The van der Waals surface area contributed by atoms with Gasteiger partial charge < -0.3 is 14.2 Å². The first-order valence-corrected chi connectivity index (χ1v) is 9.14. The van der Waals surface area contributed by atoms with Crippen LogP contribution in [0.1, 0.15) is 31.2 Å². The Morgan fingerprint density at radius 3 is 2.60 bits per heavy atom. The number of benzene rings is 1. The van der Waals surface area contributed by atoms with E-state index in [2.05, 4.69) is 22.0 Å². The minimum Gasteiger partial charge on any atom is -0.497 e. The number of rotatable bonds is 7. The summed E-state index contributed by atoms with van der Waals surface area (Å²) in [5.74, 6) is 1.16. The van der Waals surface area contributed by atoms with Crippen LogP contribution in [0.4, 0.5) is 0 Å². The topological polar surface area (TPSA) is 47.4 Å². The summed E-state index contributed by atoms with van der Waals surface area (Å²) in [5.41, 5.74) is 1.18. The van der Waals surface area contributed by atoms with Crippen molar-refractivity contribution in [1.82, 2.24) is 14.5 Å². The van der Waals surface area contributed by atoms with Gasteiger partial charge in [-0.2, -0.15) is 0 Å². The molecule has 5 nitrogen and oxygen atoms in total. The molecule has 1 fully saturated rings. The minimum absolute atomic E-state index is 0.00824. The molecule has 0 N–H and O–H groups in total. The molecule has 1 saturated heterocycles. The molecule has 2 aromatic rings. The van der Waals surface area contributed by atoms with E-state index >= 15 is 0 Å². The number of ether oxygens (including phenoxy) is 1. The number of piperidine rings is 1. The van der Waals surface area contributed by atoms with Gasteiger partial charge in [-0.25, -0.2) is 4.98 Å². The van der Waals surface area contributed by atoms with Crippen molar-refractivity contribution in [3.8, 4) is 5.75 Å². The van der Waals surface area contributed by atoms with E-state index < -0.39 is 0 Å². The van der Waals surface area contributed by atoms with Gasteiger partial charge in [0.2, 0.25) is 5.91 Å². The molecule has 3 rings (SSSR count). The van der Waals surface area contributed by atoms with Crippen LogP contribution in [0.3, 0.4) is 0 Å². The van der Waals surface area contributed by atoms with Crippen LogP contribution in [0, 0.1) is 5.92 Å². The zero-order chi connectivity index (χ0) is 17.5. The number of amides is 1. The van der Waals surface area contributed by atoms with E-state index in [0.29, 0.717) is 5.91 Å². The van der Waals surface area contributed by atoms with Gasteiger partial charge in [0.05, 0.1) is 13.4 Å². The lowest BCUT2D eigenvalue weighted by molar-refractivity contribution is -0.136. The molecule has 1 unspecified atom stereocenters. The van der Waals surface area contributed by atoms with Gasteiger partial charge in [-0.15, -0.1) is 0 Å². The summed E-state index contributed by atoms with van der Waals surface area (Å²) in [5, 5.41) is 0. The number of methoxy groups -OCH3 is 1. The predicted octanol–water partition coefficient (Wildman–Crippen LogP) is 3.15. The van der Waals surface area contributed by atoms with Gasteiger partial charge >= 0.3 is 0 Å². The second-order valence-corrected chi connectivity index (χ2v) is 6.72. The Labute approximate surface area is 149 Å². The fourth-order valence-electron chi connectivity index (χ4n) is 3.46. The van der Waals surface area contributed by atoms with Gasteiger partial charge in [0.25, 0.3) is 0 Å². The number of carbonyl (C=O) groups is 1. The number of nitrogens with zero attached hydrogens (tertiary/aromatic N) is 3. The van der Waals surface area contributed by atoms with E-state index in [0.717, 1.165) is 51.1 Å². The number of hydrogen-bond donors (Lipinski definition) is 0. The SMILES string of the molecule is COc1ccc(CC(CCn2ccnc2)C(=O)N2CCCCC2)cc1. The first kappa shape index (κ1) is 17.5. The van der Waals surface area contributed by atoms with Gasteiger partial charge in [-0.3, -0.25) is 4.79 Å². The first-order valence-electron chi connectivity index (χ1n) is 9.14. The van der Waals surface area contributed by atoms with E-state index in [-0.39, 0.29) is 5.92 Å². The molecule has 1 aromatic heterocycles. The molecule has 0 aliphatic carbocycles. The summed E-state index contributed by atoms with van der Waals surface area (Å²) in [6.07, 6.45) is 10.6. The lowest BCUT2D eigenvalue weighted by atomic mass is 9.93. The molecule has 5 heteroatoms. The number of likely N-dealkylation sites (tertiary alicyclic amines) is 1. The molecule has 0 radical (unpaired) electrons. The maximum atomic E-state index is 13.1. The predicted molar refractivity (Wildman–Crippen MR) is 97.5 cm³/mol. The van der Waals surface area contributed by atoms with E-state index in [1.54, 1.807) is 13.3 Å². The average Bonchev–Trinajstić information content (AvgIpc) is 3.19. The number of aryl methyl sites for hydroxylation is 1. The third-order valence-electron chi connectivity index (χ3n) is 4.95. The average molecular weight is 341 g/mol. The van der Waals surface area contributed by atoms with E-state index in [1.165, 1.54) is 12.0 Å². The van der Waals surface area contributed by atoms with E-state index in [4.69, 9.17) is 4.74 Å². The fourth-order valence-corrected chi connectivity index (χ4v) is 3.46. The van der Waals surface area contributed by atoms with Crippen molar-refractivity contribution in [2.75, 3.05) is 20.2 Å². The molecule has 0 spiro atoms. The Morgan fingerprint density at radius 2 is 1.96 bits per heavy atom. The number of imidazole rings is 1. The molecule has 25 heavy (non-hydrogen) atoms. The largest absolute Gasteiger partial charge is 0.497 e. The molecule has 1 aliphatic heterocycles. The highest BCUT2D eigenvalue weighted by Crippen LogP contribution is 2.21. The summed E-state index contributed by atoms with van der Waals surface area (Å²) in [6.45, 7) is 2.63. The molecule has 0 saturated carbocycles. The van der Waals surface area contributed by atoms with Crippen molar-refractivity contribution in [2.45, 2.75) is 38.6 Å². The van der Waals surface area contributed by atoms with Crippen LogP contribution in [0.5, 0.6) is 5.75 Å². The lowest BCUT2D eigenvalue weighted by Crippen LogP contribution is -2.40. The van der Waals surface area contributed by atoms with Crippen LogP contribution in [-0.2, 0) is 17.8 Å². The fraction of sp³-hybridized carbons (Fsp3) is 0.500. The number of carbonyl (C=O) groups excluding carboxylic acids is 1. The molecule has 1 aromatic carbocycles. The molecule has 1 amide bonds. The molecule has 2 heterocycles. The van der Waals surface area contributed by atoms with E-state index in [1.807, 2.05) is 29.2 Å². The maximum absolute atomic E-state index is 13.1. The molecule has 134 valence electrons. The minimum atomic E-state index is 0.00824. The van der Waals surface area contributed by atoms with Crippen LogP contribution >= 0.6 is 0 Å². The summed E-state index contributed by atoms with van der Waals surface area (Å²) < 4.78 is 7.27. The first-order chi connectivity index (χ1) is 12.3. The van der Waals surface area contributed by atoms with Crippen molar-refractivity contribution in [3.63, 3.8) is 0 Å². The van der Waals surface area contributed by atoms with Crippen molar-refractivity contribution < 1.29 is 9.53 Å². The summed E-state index contributed by atoms with van der Waals surface area (Å²) in [4.78, 5) is 19.2. The Hall–Kier alpha value is -2.30. The van der Waals surface area contributed by atoms with Crippen LogP contribution in [-0.4, -0.2) is 40.6 Å². The normalized spacial score (nSPS) is 15.8. The monoisotopic (exact) mass is 341 g/mol. The third-order valence-corrected chi connectivity index (χ3v) is 4.95. The van der Waals surface area contributed by atoms with Crippen LogP contribution in [0.25, 0.3) is 0 Å². The second kappa shape index (κ2) is 8.70. The standard InChI is InChI=1S/C20H27N3O2/c1-25-19-7-5-17(6-8-19)15-18(9-13-22-14-10-21-16-22)20(24)23-11-3-2-4-12-23/h5-8,10,14,16,18H,2-4,9,11-13,15H2,1H3. The van der Waals surface area contributed by atoms with E-state index in [9.17, 15) is 4.79 Å². The van der Waals surface area contributed by atoms with Crippen LogP contribution in [0.15, 0.2) is 43.0 Å². The highest BCUT2D eigenvalue weighted by molar-refractivity contribution is 5.79.